The van der Waals surface area contributed by atoms with Gasteiger partial charge in [-0.25, -0.2) is 0 Å². The van der Waals surface area contributed by atoms with Crippen LogP contribution >= 0.6 is 0 Å². The molecule has 70 valence electrons. The van der Waals surface area contributed by atoms with E-state index in [0.717, 1.165) is 32.7 Å². The largest absolute Gasteiger partial charge is 0.304 e. The summed E-state index contributed by atoms with van der Waals surface area (Å²) in [5.41, 5.74) is 0. The molecule has 1 heterocycles. The molecule has 0 aromatic heterocycles. The lowest BCUT2D eigenvalue weighted by Crippen LogP contribution is -2.44. The van der Waals surface area contributed by atoms with Crippen molar-refractivity contribution < 1.29 is 0 Å². The molecule has 1 aliphatic rings. The number of terminal acetylenes is 1. The van der Waals surface area contributed by atoms with Crippen molar-refractivity contribution in [3.05, 3.63) is 0 Å². The number of hydrogen-bond acceptors (Lipinski definition) is 2. The first-order valence-corrected chi connectivity index (χ1v) is 4.67. The number of rotatable bonds is 1. The Bertz CT molecular complexity index is 129. The molecule has 2 heteroatoms. The standard InChI is InChI=1S/C8H14N2.C2H6/c1-3-4-10-7-5-9(2)6-8-10;1-2/h1H,4-8H2,2H3;1-2H3. The molecule has 0 amide bonds. The van der Waals surface area contributed by atoms with Crippen LogP contribution in [0.1, 0.15) is 13.8 Å². The SMILES string of the molecule is C#CCN1CCN(C)CC1.CC. The lowest BCUT2D eigenvalue weighted by molar-refractivity contribution is 0.168. The van der Waals surface area contributed by atoms with E-state index in [2.05, 4.69) is 22.8 Å². The lowest BCUT2D eigenvalue weighted by atomic mass is 10.3. The van der Waals surface area contributed by atoms with E-state index < -0.39 is 0 Å². The normalized spacial score (nSPS) is 19.2. The molecular formula is C10H20N2. The Labute approximate surface area is 76.5 Å². The van der Waals surface area contributed by atoms with Gasteiger partial charge >= 0.3 is 0 Å². The van der Waals surface area contributed by atoms with Crippen LogP contribution in [0.5, 0.6) is 0 Å². The van der Waals surface area contributed by atoms with E-state index in [0.29, 0.717) is 0 Å². The fourth-order valence-corrected chi connectivity index (χ4v) is 1.14. The predicted molar refractivity (Wildman–Crippen MR) is 54.1 cm³/mol. The van der Waals surface area contributed by atoms with Gasteiger partial charge in [-0.1, -0.05) is 19.8 Å². The molecule has 0 N–H and O–H groups in total. The van der Waals surface area contributed by atoms with Crippen LogP contribution in [-0.2, 0) is 0 Å². The predicted octanol–water partition coefficient (Wildman–Crippen LogP) is 0.893. The quantitative estimate of drug-likeness (QED) is 0.537. The molecule has 0 aromatic carbocycles. The van der Waals surface area contributed by atoms with Crippen LogP contribution in [0.15, 0.2) is 0 Å². The molecule has 1 saturated heterocycles. The maximum atomic E-state index is 5.19. The van der Waals surface area contributed by atoms with Crippen LogP contribution in [0.4, 0.5) is 0 Å². The minimum absolute atomic E-state index is 0.813. The number of nitrogens with zero attached hydrogens (tertiary/aromatic N) is 2. The van der Waals surface area contributed by atoms with E-state index in [-0.39, 0.29) is 0 Å². The molecule has 1 aliphatic heterocycles. The van der Waals surface area contributed by atoms with Crippen molar-refractivity contribution in [1.82, 2.24) is 9.80 Å². The van der Waals surface area contributed by atoms with E-state index in [1.807, 2.05) is 13.8 Å². The van der Waals surface area contributed by atoms with Gasteiger partial charge in [0.05, 0.1) is 6.54 Å². The first-order chi connectivity index (χ1) is 5.83. The maximum Gasteiger partial charge on any atom is 0.0599 e. The van der Waals surface area contributed by atoms with Crippen LogP contribution in [0, 0.1) is 12.3 Å². The third-order valence-electron chi connectivity index (χ3n) is 1.91. The Morgan fingerprint density at radius 3 is 2.08 bits per heavy atom. The molecule has 0 aromatic rings. The van der Waals surface area contributed by atoms with Crippen LogP contribution in [0.2, 0.25) is 0 Å². The third-order valence-corrected chi connectivity index (χ3v) is 1.91. The Hall–Kier alpha value is -0.520. The van der Waals surface area contributed by atoms with Gasteiger partial charge in [-0.15, -0.1) is 6.42 Å². The average molecular weight is 168 g/mol. The van der Waals surface area contributed by atoms with E-state index in [4.69, 9.17) is 6.42 Å². The number of likely N-dealkylation sites (N-methyl/N-ethyl adjacent to an activating group) is 1. The Morgan fingerprint density at radius 1 is 1.17 bits per heavy atom. The highest BCUT2D eigenvalue weighted by Crippen LogP contribution is 1.96. The zero-order chi connectivity index (χ0) is 9.40. The second kappa shape index (κ2) is 7.15. The molecule has 0 unspecified atom stereocenters. The molecule has 12 heavy (non-hydrogen) atoms. The summed E-state index contributed by atoms with van der Waals surface area (Å²) in [6.07, 6.45) is 5.19. The van der Waals surface area contributed by atoms with Crippen molar-refractivity contribution >= 4 is 0 Å². The molecule has 0 atom stereocenters. The molecule has 0 bridgehead atoms. The smallest absolute Gasteiger partial charge is 0.0599 e. The van der Waals surface area contributed by atoms with Gasteiger partial charge in [-0.05, 0) is 7.05 Å². The van der Waals surface area contributed by atoms with Crippen molar-refractivity contribution in [2.45, 2.75) is 13.8 Å². The van der Waals surface area contributed by atoms with E-state index in [1.54, 1.807) is 0 Å². The van der Waals surface area contributed by atoms with Gasteiger partial charge in [0, 0.05) is 26.2 Å². The number of hydrogen-bond donors (Lipinski definition) is 0. The van der Waals surface area contributed by atoms with Crippen molar-refractivity contribution in [1.29, 1.82) is 0 Å². The second-order valence-electron chi connectivity index (χ2n) is 2.78. The lowest BCUT2D eigenvalue weighted by Gasteiger charge is -2.30. The highest BCUT2D eigenvalue weighted by atomic mass is 15.2. The van der Waals surface area contributed by atoms with Gasteiger partial charge in [0.15, 0.2) is 0 Å². The maximum absolute atomic E-state index is 5.19. The molecule has 0 saturated carbocycles. The molecule has 1 fully saturated rings. The fraction of sp³-hybridized carbons (Fsp3) is 0.800. The monoisotopic (exact) mass is 168 g/mol. The summed E-state index contributed by atoms with van der Waals surface area (Å²) in [5, 5.41) is 0. The van der Waals surface area contributed by atoms with Gasteiger partial charge in [0.2, 0.25) is 0 Å². The van der Waals surface area contributed by atoms with Gasteiger partial charge in [0.1, 0.15) is 0 Å². The van der Waals surface area contributed by atoms with E-state index >= 15 is 0 Å². The molecule has 1 rings (SSSR count). The minimum atomic E-state index is 0.813. The zero-order valence-corrected chi connectivity index (χ0v) is 8.51. The molecule has 0 spiro atoms. The average Bonchev–Trinajstić information content (AvgIpc) is 2.13. The summed E-state index contributed by atoms with van der Waals surface area (Å²) >= 11 is 0. The van der Waals surface area contributed by atoms with Gasteiger partial charge in [0.25, 0.3) is 0 Å². The Kier molecular flexibility index (Phi) is 6.84. The first kappa shape index (κ1) is 11.5. The highest BCUT2D eigenvalue weighted by Gasteiger charge is 2.11. The molecule has 2 nitrogen and oxygen atoms in total. The van der Waals surface area contributed by atoms with Crippen molar-refractivity contribution in [3.63, 3.8) is 0 Å². The van der Waals surface area contributed by atoms with Crippen molar-refractivity contribution in [2.75, 3.05) is 39.8 Å². The van der Waals surface area contributed by atoms with Crippen LogP contribution in [0.3, 0.4) is 0 Å². The third kappa shape index (κ3) is 4.38. The van der Waals surface area contributed by atoms with Crippen LogP contribution < -0.4 is 0 Å². The Balaban J connectivity index is 0.000000561. The van der Waals surface area contributed by atoms with Crippen LogP contribution in [0.25, 0.3) is 0 Å². The summed E-state index contributed by atoms with van der Waals surface area (Å²) in [5.74, 6) is 2.66. The van der Waals surface area contributed by atoms with Gasteiger partial charge in [-0.3, -0.25) is 4.90 Å². The minimum Gasteiger partial charge on any atom is -0.304 e. The molecule has 0 aliphatic carbocycles. The second-order valence-corrected chi connectivity index (χ2v) is 2.78. The fourth-order valence-electron chi connectivity index (χ4n) is 1.14. The molecule has 0 radical (unpaired) electrons. The van der Waals surface area contributed by atoms with Crippen molar-refractivity contribution in [2.24, 2.45) is 0 Å². The summed E-state index contributed by atoms with van der Waals surface area (Å²) in [6, 6.07) is 0. The van der Waals surface area contributed by atoms with E-state index in [1.165, 1.54) is 0 Å². The Morgan fingerprint density at radius 2 is 1.67 bits per heavy atom. The van der Waals surface area contributed by atoms with Gasteiger partial charge < -0.3 is 4.90 Å². The number of piperazine rings is 1. The zero-order valence-electron chi connectivity index (χ0n) is 8.51. The first-order valence-electron chi connectivity index (χ1n) is 4.67. The highest BCUT2D eigenvalue weighted by molar-refractivity contribution is 4.89. The summed E-state index contributed by atoms with van der Waals surface area (Å²) in [4.78, 5) is 4.63. The summed E-state index contributed by atoms with van der Waals surface area (Å²) in [7, 11) is 2.15. The summed E-state index contributed by atoms with van der Waals surface area (Å²) < 4.78 is 0. The van der Waals surface area contributed by atoms with Crippen LogP contribution in [-0.4, -0.2) is 49.6 Å². The van der Waals surface area contributed by atoms with Crippen molar-refractivity contribution in [3.8, 4) is 12.3 Å². The molecular weight excluding hydrogens is 148 g/mol. The topological polar surface area (TPSA) is 6.48 Å². The van der Waals surface area contributed by atoms with E-state index in [9.17, 15) is 0 Å². The van der Waals surface area contributed by atoms with Gasteiger partial charge in [-0.2, -0.15) is 0 Å². The summed E-state index contributed by atoms with van der Waals surface area (Å²) in [6.45, 7) is 9.37.